The molecule has 0 fully saturated rings. The standard InChI is InChI=1S/C18H15N3OS2/c22-17(19-8-7-13-5-3-9-23-13)16-11-24-18(21-16)15-10-12-4-1-2-6-14(12)20-15/h1-6,9-11,20H,7-8H2,(H,19,22). The molecule has 120 valence electrons. The molecule has 4 rings (SSSR count). The monoisotopic (exact) mass is 353 g/mol. The van der Waals surface area contributed by atoms with Crippen molar-refractivity contribution >= 4 is 39.5 Å². The van der Waals surface area contributed by atoms with E-state index in [1.54, 1.807) is 16.7 Å². The number of carbonyl (C=O) groups excluding carboxylic acids is 1. The van der Waals surface area contributed by atoms with E-state index in [4.69, 9.17) is 0 Å². The summed E-state index contributed by atoms with van der Waals surface area (Å²) >= 11 is 3.18. The lowest BCUT2D eigenvalue weighted by Crippen LogP contribution is -2.25. The molecule has 0 aliphatic rings. The number of para-hydroxylation sites is 1. The van der Waals surface area contributed by atoms with Crippen molar-refractivity contribution in [2.24, 2.45) is 0 Å². The first-order chi connectivity index (χ1) is 11.8. The van der Waals surface area contributed by atoms with Crippen molar-refractivity contribution in [1.29, 1.82) is 0 Å². The molecular weight excluding hydrogens is 338 g/mol. The van der Waals surface area contributed by atoms with Crippen molar-refractivity contribution in [3.05, 3.63) is 63.8 Å². The Morgan fingerprint density at radius 1 is 1.17 bits per heavy atom. The van der Waals surface area contributed by atoms with Gasteiger partial charge in [0.25, 0.3) is 5.91 Å². The Labute approximate surface area is 147 Å². The molecule has 0 unspecified atom stereocenters. The first kappa shape index (κ1) is 15.1. The number of aromatic nitrogens is 2. The first-order valence-corrected chi connectivity index (χ1v) is 9.40. The summed E-state index contributed by atoms with van der Waals surface area (Å²) < 4.78 is 0. The number of amides is 1. The van der Waals surface area contributed by atoms with E-state index < -0.39 is 0 Å². The predicted molar refractivity (Wildman–Crippen MR) is 99.8 cm³/mol. The maximum atomic E-state index is 12.2. The molecule has 0 bridgehead atoms. The number of nitrogens with zero attached hydrogens (tertiary/aromatic N) is 1. The fourth-order valence-corrected chi connectivity index (χ4v) is 4.01. The summed E-state index contributed by atoms with van der Waals surface area (Å²) in [5, 5.41) is 8.75. The van der Waals surface area contributed by atoms with Crippen molar-refractivity contribution in [2.75, 3.05) is 6.54 Å². The number of nitrogens with one attached hydrogen (secondary N) is 2. The Morgan fingerprint density at radius 2 is 2.08 bits per heavy atom. The normalized spacial score (nSPS) is 11.0. The van der Waals surface area contributed by atoms with Crippen LogP contribution in [0.4, 0.5) is 0 Å². The van der Waals surface area contributed by atoms with Crippen LogP contribution in [0.25, 0.3) is 21.6 Å². The van der Waals surface area contributed by atoms with E-state index in [1.165, 1.54) is 16.2 Å². The van der Waals surface area contributed by atoms with Crippen LogP contribution < -0.4 is 5.32 Å². The Balaban J connectivity index is 1.44. The third kappa shape index (κ3) is 3.11. The summed E-state index contributed by atoms with van der Waals surface area (Å²) in [7, 11) is 0. The number of hydrogen-bond donors (Lipinski definition) is 2. The quantitative estimate of drug-likeness (QED) is 0.561. The lowest BCUT2D eigenvalue weighted by Gasteiger charge is -2.01. The number of rotatable bonds is 5. The molecule has 0 saturated carbocycles. The molecule has 0 atom stereocenters. The molecule has 0 aliphatic carbocycles. The number of thiazole rings is 1. The number of fused-ring (bicyclic) bond motifs is 1. The van der Waals surface area contributed by atoms with Crippen LogP contribution in [0.5, 0.6) is 0 Å². The topological polar surface area (TPSA) is 57.8 Å². The van der Waals surface area contributed by atoms with E-state index in [2.05, 4.69) is 33.5 Å². The third-order valence-corrected chi connectivity index (χ3v) is 5.55. The highest BCUT2D eigenvalue weighted by atomic mass is 32.1. The number of carbonyl (C=O) groups is 1. The van der Waals surface area contributed by atoms with Gasteiger partial charge in [0.1, 0.15) is 10.7 Å². The Hall–Kier alpha value is -2.44. The second kappa shape index (κ2) is 6.59. The molecule has 4 nitrogen and oxygen atoms in total. The molecule has 3 aromatic heterocycles. The SMILES string of the molecule is O=C(NCCc1cccs1)c1csc(-c2cc3ccccc3[nH]2)n1. The molecule has 4 aromatic rings. The fourth-order valence-electron chi connectivity index (χ4n) is 2.53. The molecule has 6 heteroatoms. The molecule has 2 N–H and O–H groups in total. The van der Waals surface area contributed by atoms with Crippen LogP contribution >= 0.6 is 22.7 Å². The zero-order chi connectivity index (χ0) is 16.4. The molecule has 1 amide bonds. The lowest BCUT2D eigenvalue weighted by atomic mass is 10.2. The molecule has 3 heterocycles. The van der Waals surface area contributed by atoms with Gasteiger partial charge in [-0.1, -0.05) is 24.3 Å². The maximum absolute atomic E-state index is 12.2. The molecule has 1 aromatic carbocycles. The van der Waals surface area contributed by atoms with Crippen molar-refractivity contribution in [3.63, 3.8) is 0 Å². The minimum Gasteiger partial charge on any atom is -0.353 e. The zero-order valence-corrected chi connectivity index (χ0v) is 14.4. The van der Waals surface area contributed by atoms with Crippen LogP contribution in [0.3, 0.4) is 0 Å². The van der Waals surface area contributed by atoms with Gasteiger partial charge in [-0.15, -0.1) is 22.7 Å². The van der Waals surface area contributed by atoms with E-state index in [1.807, 2.05) is 29.6 Å². The average molecular weight is 353 g/mol. The van der Waals surface area contributed by atoms with E-state index in [9.17, 15) is 4.79 Å². The second-order valence-electron chi connectivity index (χ2n) is 5.39. The summed E-state index contributed by atoms with van der Waals surface area (Å²) in [6, 6.07) is 14.3. The Kier molecular flexibility index (Phi) is 4.15. The van der Waals surface area contributed by atoms with Gasteiger partial charge >= 0.3 is 0 Å². The van der Waals surface area contributed by atoms with Gasteiger partial charge in [-0.2, -0.15) is 0 Å². The summed E-state index contributed by atoms with van der Waals surface area (Å²) in [5.41, 5.74) is 2.49. The molecule has 0 saturated heterocycles. The minimum atomic E-state index is -0.120. The number of aromatic amines is 1. The molecule has 0 spiro atoms. The number of benzene rings is 1. The van der Waals surface area contributed by atoms with Gasteiger partial charge in [0.2, 0.25) is 0 Å². The third-order valence-electron chi connectivity index (χ3n) is 3.73. The fraction of sp³-hybridized carbons (Fsp3) is 0.111. The van der Waals surface area contributed by atoms with Gasteiger partial charge < -0.3 is 10.3 Å². The lowest BCUT2D eigenvalue weighted by molar-refractivity contribution is 0.0950. The van der Waals surface area contributed by atoms with Crippen molar-refractivity contribution in [1.82, 2.24) is 15.3 Å². The first-order valence-electron chi connectivity index (χ1n) is 7.64. The number of H-pyrrole nitrogens is 1. The smallest absolute Gasteiger partial charge is 0.270 e. The number of hydrogen-bond acceptors (Lipinski definition) is 4. The summed E-state index contributed by atoms with van der Waals surface area (Å²) in [6.45, 7) is 0.624. The van der Waals surface area contributed by atoms with Crippen LogP contribution in [0.15, 0.2) is 53.2 Å². The van der Waals surface area contributed by atoms with Crippen LogP contribution in [0.2, 0.25) is 0 Å². The van der Waals surface area contributed by atoms with Crippen LogP contribution in [0.1, 0.15) is 15.4 Å². The Bertz CT molecular complexity index is 936. The van der Waals surface area contributed by atoms with Gasteiger partial charge in [0, 0.05) is 27.7 Å². The van der Waals surface area contributed by atoms with Crippen LogP contribution in [-0.4, -0.2) is 22.4 Å². The summed E-state index contributed by atoms with van der Waals surface area (Å²) in [4.78, 5) is 21.3. The predicted octanol–water partition coefficient (Wildman–Crippen LogP) is 4.33. The van der Waals surface area contributed by atoms with Gasteiger partial charge in [0.05, 0.1) is 5.69 Å². The van der Waals surface area contributed by atoms with E-state index in [-0.39, 0.29) is 5.91 Å². The van der Waals surface area contributed by atoms with Crippen LogP contribution in [-0.2, 0) is 6.42 Å². The maximum Gasteiger partial charge on any atom is 0.270 e. The summed E-state index contributed by atoms with van der Waals surface area (Å²) in [5.74, 6) is -0.120. The second-order valence-corrected chi connectivity index (χ2v) is 7.28. The van der Waals surface area contributed by atoms with Crippen LogP contribution in [0, 0.1) is 0 Å². The van der Waals surface area contributed by atoms with E-state index in [0.29, 0.717) is 12.2 Å². The number of thiophene rings is 1. The summed E-state index contributed by atoms with van der Waals surface area (Å²) in [6.07, 6.45) is 0.850. The largest absolute Gasteiger partial charge is 0.353 e. The van der Waals surface area contributed by atoms with E-state index >= 15 is 0 Å². The van der Waals surface area contributed by atoms with Gasteiger partial charge in [0.15, 0.2) is 0 Å². The van der Waals surface area contributed by atoms with E-state index in [0.717, 1.165) is 28.0 Å². The van der Waals surface area contributed by atoms with Gasteiger partial charge in [-0.3, -0.25) is 4.79 Å². The van der Waals surface area contributed by atoms with Gasteiger partial charge in [-0.25, -0.2) is 4.98 Å². The highest BCUT2D eigenvalue weighted by Gasteiger charge is 2.13. The molecule has 0 aliphatic heterocycles. The minimum absolute atomic E-state index is 0.120. The highest BCUT2D eigenvalue weighted by Crippen LogP contribution is 2.26. The molecule has 0 radical (unpaired) electrons. The van der Waals surface area contributed by atoms with Crippen molar-refractivity contribution < 1.29 is 4.79 Å². The van der Waals surface area contributed by atoms with Gasteiger partial charge in [-0.05, 0) is 30.0 Å². The average Bonchev–Trinajstić information content (AvgIpc) is 3.33. The van der Waals surface area contributed by atoms with Crippen molar-refractivity contribution in [2.45, 2.75) is 6.42 Å². The zero-order valence-electron chi connectivity index (χ0n) is 12.8. The highest BCUT2D eigenvalue weighted by molar-refractivity contribution is 7.13. The molecular formula is C18H15N3OS2. The molecule has 24 heavy (non-hydrogen) atoms. The Morgan fingerprint density at radius 3 is 2.92 bits per heavy atom. The van der Waals surface area contributed by atoms with Crippen molar-refractivity contribution in [3.8, 4) is 10.7 Å².